The topological polar surface area (TPSA) is 123 Å². The first-order chi connectivity index (χ1) is 8.52. The van der Waals surface area contributed by atoms with Gasteiger partial charge in [0.2, 0.25) is 0 Å². The molecule has 2 unspecified atom stereocenters. The van der Waals surface area contributed by atoms with Crippen molar-refractivity contribution in [3.63, 3.8) is 0 Å². The number of rotatable bonds is 8. The zero-order valence-corrected chi connectivity index (χ0v) is 10.2. The van der Waals surface area contributed by atoms with Crippen LogP contribution in [0.3, 0.4) is 0 Å². The van der Waals surface area contributed by atoms with Gasteiger partial charge in [0.05, 0.1) is 24.9 Å². The Labute approximate surface area is 104 Å². The van der Waals surface area contributed by atoms with Gasteiger partial charge in [0.25, 0.3) is 0 Å². The first kappa shape index (κ1) is 14.6. The number of hydrogen-bond acceptors (Lipinski definition) is 6. The molecule has 0 aromatic carbocycles. The lowest BCUT2D eigenvalue weighted by Crippen LogP contribution is -2.32. The van der Waals surface area contributed by atoms with E-state index in [4.69, 9.17) is 15.6 Å². The fourth-order valence-electron chi connectivity index (χ4n) is 1.36. The van der Waals surface area contributed by atoms with Crippen molar-refractivity contribution in [1.29, 1.82) is 0 Å². The van der Waals surface area contributed by atoms with Gasteiger partial charge in [-0.05, 0) is 6.92 Å². The van der Waals surface area contributed by atoms with Crippen molar-refractivity contribution in [1.82, 2.24) is 15.0 Å². The first-order valence-electron chi connectivity index (χ1n) is 5.66. The fourth-order valence-corrected chi connectivity index (χ4v) is 1.36. The minimum atomic E-state index is -1.08. The maximum absolute atomic E-state index is 10.6. The number of aliphatic hydroxyl groups is 1. The van der Waals surface area contributed by atoms with Crippen molar-refractivity contribution >= 4 is 5.97 Å². The van der Waals surface area contributed by atoms with Crippen molar-refractivity contribution in [2.45, 2.75) is 32.0 Å². The highest BCUT2D eigenvalue weighted by molar-refractivity contribution is 5.73. The molecule has 0 saturated heterocycles. The van der Waals surface area contributed by atoms with Crippen LogP contribution in [0.1, 0.15) is 12.6 Å². The number of aromatic nitrogens is 3. The van der Waals surface area contributed by atoms with Gasteiger partial charge >= 0.3 is 5.97 Å². The SMILES string of the molecule is CCOCC(O)Cn1cc(CC(N)C(=O)O)nn1. The molecule has 1 aromatic heterocycles. The molecule has 4 N–H and O–H groups in total. The summed E-state index contributed by atoms with van der Waals surface area (Å²) in [6.07, 6.45) is 1.00. The maximum Gasteiger partial charge on any atom is 0.320 e. The quantitative estimate of drug-likeness (QED) is 0.525. The number of carbonyl (C=O) groups is 1. The molecule has 0 aliphatic rings. The lowest BCUT2D eigenvalue weighted by Gasteiger charge is -2.09. The van der Waals surface area contributed by atoms with Crippen LogP contribution in [0.15, 0.2) is 6.20 Å². The molecule has 1 heterocycles. The van der Waals surface area contributed by atoms with Gasteiger partial charge in [0.1, 0.15) is 6.04 Å². The summed E-state index contributed by atoms with van der Waals surface area (Å²) in [5.41, 5.74) is 5.86. The number of aliphatic carboxylic acids is 1. The van der Waals surface area contributed by atoms with Gasteiger partial charge in [0, 0.05) is 19.2 Å². The number of ether oxygens (including phenoxy) is 1. The lowest BCUT2D eigenvalue weighted by atomic mass is 10.2. The van der Waals surface area contributed by atoms with Gasteiger partial charge in [-0.25, -0.2) is 4.68 Å². The van der Waals surface area contributed by atoms with E-state index in [1.54, 1.807) is 6.20 Å². The Morgan fingerprint density at radius 2 is 2.39 bits per heavy atom. The van der Waals surface area contributed by atoms with E-state index in [1.807, 2.05) is 6.92 Å². The monoisotopic (exact) mass is 258 g/mol. The van der Waals surface area contributed by atoms with Crippen molar-refractivity contribution in [2.75, 3.05) is 13.2 Å². The van der Waals surface area contributed by atoms with Gasteiger partial charge in [-0.15, -0.1) is 5.10 Å². The first-order valence-corrected chi connectivity index (χ1v) is 5.66. The molecule has 0 aliphatic carbocycles. The highest BCUT2D eigenvalue weighted by atomic mass is 16.5. The van der Waals surface area contributed by atoms with Crippen molar-refractivity contribution in [2.24, 2.45) is 5.73 Å². The Morgan fingerprint density at radius 1 is 1.67 bits per heavy atom. The van der Waals surface area contributed by atoms with Crippen LogP contribution in [-0.2, 0) is 22.5 Å². The van der Waals surface area contributed by atoms with E-state index in [0.29, 0.717) is 12.3 Å². The molecule has 0 amide bonds. The van der Waals surface area contributed by atoms with E-state index in [2.05, 4.69) is 10.3 Å². The van der Waals surface area contributed by atoms with E-state index in [9.17, 15) is 9.90 Å². The third kappa shape index (κ3) is 4.78. The molecule has 1 rings (SSSR count). The second kappa shape index (κ2) is 7.04. The molecule has 0 saturated carbocycles. The Bertz CT molecular complexity index is 382. The zero-order chi connectivity index (χ0) is 13.5. The van der Waals surface area contributed by atoms with Crippen molar-refractivity contribution < 1.29 is 19.7 Å². The Balaban J connectivity index is 2.45. The second-order valence-electron chi connectivity index (χ2n) is 3.89. The Kier molecular flexibility index (Phi) is 5.69. The van der Waals surface area contributed by atoms with E-state index in [-0.39, 0.29) is 19.6 Å². The predicted molar refractivity (Wildman–Crippen MR) is 61.8 cm³/mol. The average molecular weight is 258 g/mol. The molecule has 8 heteroatoms. The van der Waals surface area contributed by atoms with E-state index < -0.39 is 18.1 Å². The van der Waals surface area contributed by atoms with Crippen molar-refractivity contribution in [3.8, 4) is 0 Å². The molecule has 0 spiro atoms. The highest BCUT2D eigenvalue weighted by Gasteiger charge is 2.15. The predicted octanol–water partition coefficient (Wildman–Crippen LogP) is -1.37. The van der Waals surface area contributed by atoms with Gasteiger partial charge in [0.15, 0.2) is 0 Å². The van der Waals surface area contributed by atoms with E-state index >= 15 is 0 Å². The highest BCUT2D eigenvalue weighted by Crippen LogP contribution is 1.99. The number of carboxylic acid groups (broad SMARTS) is 1. The van der Waals surface area contributed by atoms with Crippen LogP contribution in [0.4, 0.5) is 0 Å². The molecule has 0 aliphatic heterocycles. The van der Waals surface area contributed by atoms with Gasteiger partial charge < -0.3 is 20.7 Å². The number of nitrogens with zero attached hydrogens (tertiary/aromatic N) is 3. The minimum Gasteiger partial charge on any atom is -0.480 e. The third-order valence-corrected chi connectivity index (χ3v) is 2.24. The molecule has 0 bridgehead atoms. The Hall–Kier alpha value is -1.51. The summed E-state index contributed by atoms with van der Waals surface area (Å²) in [4.78, 5) is 10.6. The molecule has 8 nitrogen and oxygen atoms in total. The van der Waals surface area contributed by atoms with Crippen LogP contribution < -0.4 is 5.73 Å². The summed E-state index contributed by atoms with van der Waals surface area (Å²) >= 11 is 0. The van der Waals surface area contributed by atoms with Crippen LogP contribution in [0.2, 0.25) is 0 Å². The fraction of sp³-hybridized carbons (Fsp3) is 0.700. The molecular weight excluding hydrogens is 240 g/mol. The smallest absolute Gasteiger partial charge is 0.320 e. The van der Waals surface area contributed by atoms with Crippen LogP contribution in [-0.4, -0.2) is 56.5 Å². The maximum atomic E-state index is 10.6. The third-order valence-electron chi connectivity index (χ3n) is 2.24. The summed E-state index contributed by atoms with van der Waals surface area (Å²) in [5.74, 6) is -1.08. The van der Waals surface area contributed by atoms with E-state index in [0.717, 1.165) is 0 Å². The number of carboxylic acids is 1. The Morgan fingerprint density at radius 3 is 3.00 bits per heavy atom. The summed E-state index contributed by atoms with van der Waals surface area (Å²) < 4.78 is 6.50. The second-order valence-corrected chi connectivity index (χ2v) is 3.89. The normalized spacial score (nSPS) is 14.4. The van der Waals surface area contributed by atoms with Gasteiger partial charge in [-0.1, -0.05) is 5.21 Å². The molecule has 0 radical (unpaired) electrons. The molecule has 1 aromatic rings. The van der Waals surface area contributed by atoms with Crippen LogP contribution in [0, 0.1) is 0 Å². The van der Waals surface area contributed by atoms with E-state index in [1.165, 1.54) is 4.68 Å². The number of aliphatic hydroxyl groups excluding tert-OH is 1. The minimum absolute atomic E-state index is 0.108. The average Bonchev–Trinajstić information content (AvgIpc) is 2.73. The molecular formula is C10H18N4O4. The van der Waals surface area contributed by atoms with Crippen LogP contribution in [0.5, 0.6) is 0 Å². The molecule has 0 fully saturated rings. The largest absolute Gasteiger partial charge is 0.480 e. The molecule has 18 heavy (non-hydrogen) atoms. The summed E-state index contributed by atoms with van der Waals surface area (Å²) in [6, 6.07) is -0.997. The van der Waals surface area contributed by atoms with Gasteiger partial charge in [-0.2, -0.15) is 0 Å². The summed E-state index contributed by atoms with van der Waals surface area (Å²) in [5, 5.41) is 25.8. The standard InChI is InChI=1S/C10H18N4O4/c1-2-18-6-8(15)5-14-4-7(12-13-14)3-9(11)10(16)17/h4,8-9,15H,2-3,5-6,11H2,1H3,(H,16,17). The molecule has 102 valence electrons. The van der Waals surface area contributed by atoms with Gasteiger partial charge in [-0.3, -0.25) is 4.79 Å². The number of nitrogens with two attached hydrogens (primary N) is 1. The lowest BCUT2D eigenvalue weighted by molar-refractivity contribution is -0.138. The summed E-state index contributed by atoms with van der Waals surface area (Å²) in [6.45, 7) is 2.84. The summed E-state index contributed by atoms with van der Waals surface area (Å²) in [7, 11) is 0. The zero-order valence-electron chi connectivity index (χ0n) is 10.2. The number of hydrogen-bond donors (Lipinski definition) is 3. The van der Waals surface area contributed by atoms with Crippen LogP contribution in [0.25, 0.3) is 0 Å². The molecule has 2 atom stereocenters. The van der Waals surface area contributed by atoms with Crippen LogP contribution >= 0.6 is 0 Å². The van der Waals surface area contributed by atoms with Crippen molar-refractivity contribution in [3.05, 3.63) is 11.9 Å².